The van der Waals surface area contributed by atoms with Crippen molar-refractivity contribution in [2.75, 3.05) is 13.1 Å². The van der Waals surface area contributed by atoms with E-state index < -0.39 is 18.6 Å². The molecule has 0 aliphatic rings. The van der Waals surface area contributed by atoms with E-state index in [0.717, 1.165) is 10.5 Å². The van der Waals surface area contributed by atoms with Crippen molar-refractivity contribution in [3.63, 3.8) is 0 Å². The maximum absolute atomic E-state index is 12.5. The van der Waals surface area contributed by atoms with E-state index in [4.69, 9.17) is 0 Å². The summed E-state index contributed by atoms with van der Waals surface area (Å²) in [6.07, 6.45) is -0.0853. The van der Waals surface area contributed by atoms with Crippen molar-refractivity contribution in [1.82, 2.24) is 14.9 Å². The second kappa shape index (κ2) is 7.36. The SMILES string of the molecule is C=CCN(CC(F)(F)F)C(=O)Cc1csc(-c2cccnc2)n1. The first-order valence-corrected chi connectivity index (χ1v) is 7.57. The molecule has 2 heterocycles. The topological polar surface area (TPSA) is 46.1 Å². The van der Waals surface area contributed by atoms with E-state index in [9.17, 15) is 18.0 Å². The van der Waals surface area contributed by atoms with Gasteiger partial charge in [0.05, 0.1) is 12.1 Å². The molecule has 0 aliphatic heterocycles. The van der Waals surface area contributed by atoms with Crippen LogP contribution in [0, 0.1) is 0 Å². The van der Waals surface area contributed by atoms with Gasteiger partial charge in [0.1, 0.15) is 11.6 Å². The smallest absolute Gasteiger partial charge is 0.330 e. The van der Waals surface area contributed by atoms with E-state index in [1.165, 1.54) is 17.4 Å². The van der Waals surface area contributed by atoms with Crippen LogP contribution >= 0.6 is 11.3 Å². The monoisotopic (exact) mass is 341 g/mol. The lowest BCUT2D eigenvalue weighted by Gasteiger charge is -2.22. The number of alkyl halides is 3. The van der Waals surface area contributed by atoms with Gasteiger partial charge in [-0.15, -0.1) is 17.9 Å². The Morgan fingerprint density at radius 2 is 2.22 bits per heavy atom. The van der Waals surface area contributed by atoms with Crippen molar-refractivity contribution in [2.24, 2.45) is 0 Å². The summed E-state index contributed by atoms with van der Waals surface area (Å²) in [6, 6.07) is 3.59. The zero-order chi connectivity index (χ0) is 16.9. The summed E-state index contributed by atoms with van der Waals surface area (Å²) >= 11 is 1.32. The van der Waals surface area contributed by atoms with E-state index >= 15 is 0 Å². The highest BCUT2D eigenvalue weighted by molar-refractivity contribution is 7.13. The average molecular weight is 341 g/mol. The number of carbonyl (C=O) groups is 1. The molecule has 0 aliphatic carbocycles. The molecule has 1 amide bonds. The van der Waals surface area contributed by atoms with Gasteiger partial charge >= 0.3 is 6.18 Å². The standard InChI is InChI=1S/C15H14F3N3OS/c1-2-6-21(10-15(16,17)18)13(22)7-12-9-23-14(20-12)11-4-3-5-19-8-11/h2-5,8-9H,1,6-7,10H2. The van der Waals surface area contributed by atoms with Crippen molar-refractivity contribution in [1.29, 1.82) is 0 Å². The summed E-state index contributed by atoms with van der Waals surface area (Å²) in [4.78, 5) is 21.0. The van der Waals surface area contributed by atoms with Crippen LogP contribution in [-0.4, -0.2) is 40.0 Å². The van der Waals surface area contributed by atoms with Gasteiger partial charge in [0.2, 0.25) is 5.91 Å². The van der Waals surface area contributed by atoms with Gasteiger partial charge < -0.3 is 4.90 Å². The van der Waals surface area contributed by atoms with Gasteiger partial charge in [-0.3, -0.25) is 9.78 Å². The van der Waals surface area contributed by atoms with E-state index in [0.29, 0.717) is 10.7 Å². The summed E-state index contributed by atoms with van der Waals surface area (Å²) in [7, 11) is 0. The van der Waals surface area contributed by atoms with Gasteiger partial charge in [0.15, 0.2) is 0 Å². The molecule has 8 heteroatoms. The summed E-state index contributed by atoms with van der Waals surface area (Å²) in [6.45, 7) is 1.93. The van der Waals surface area contributed by atoms with E-state index in [1.54, 1.807) is 23.8 Å². The van der Waals surface area contributed by atoms with Crippen LogP contribution in [0.15, 0.2) is 42.6 Å². The molecule has 0 saturated heterocycles. The molecular weight excluding hydrogens is 327 g/mol. The fourth-order valence-corrected chi connectivity index (χ4v) is 2.71. The summed E-state index contributed by atoms with van der Waals surface area (Å²) < 4.78 is 37.5. The number of carbonyl (C=O) groups excluding carboxylic acids is 1. The number of thiazole rings is 1. The Morgan fingerprint density at radius 1 is 1.43 bits per heavy atom. The summed E-state index contributed by atoms with van der Waals surface area (Å²) in [5.41, 5.74) is 1.24. The summed E-state index contributed by atoms with van der Waals surface area (Å²) in [5.74, 6) is -0.634. The molecule has 0 N–H and O–H groups in total. The maximum atomic E-state index is 12.5. The maximum Gasteiger partial charge on any atom is 0.406 e. The fraction of sp³-hybridized carbons (Fsp3) is 0.267. The number of halogens is 3. The third-order valence-corrected chi connectivity index (χ3v) is 3.81. The predicted octanol–water partition coefficient (Wildman–Crippen LogP) is 3.32. The van der Waals surface area contributed by atoms with Gasteiger partial charge in [-0.2, -0.15) is 13.2 Å². The second-order valence-corrected chi connectivity index (χ2v) is 5.60. The van der Waals surface area contributed by atoms with E-state index in [1.807, 2.05) is 6.07 Å². The van der Waals surface area contributed by atoms with Crippen LogP contribution in [0.2, 0.25) is 0 Å². The number of nitrogens with zero attached hydrogens (tertiary/aromatic N) is 3. The molecule has 4 nitrogen and oxygen atoms in total. The zero-order valence-electron chi connectivity index (χ0n) is 12.1. The zero-order valence-corrected chi connectivity index (χ0v) is 12.9. The number of amides is 1. The minimum absolute atomic E-state index is 0.155. The third kappa shape index (κ3) is 5.17. The average Bonchev–Trinajstić information content (AvgIpc) is 2.95. The summed E-state index contributed by atoms with van der Waals surface area (Å²) in [5, 5.41) is 2.34. The molecule has 2 aromatic heterocycles. The van der Waals surface area contributed by atoms with Gasteiger partial charge in [-0.1, -0.05) is 6.08 Å². The van der Waals surface area contributed by atoms with Crippen molar-refractivity contribution >= 4 is 17.2 Å². The molecule has 23 heavy (non-hydrogen) atoms. The molecule has 2 aromatic rings. The minimum atomic E-state index is -4.44. The van der Waals surface area contributed by atoms with Crippen molar-refractivity contribution < 1.29 is 18.0 Å². The van der Waals surface area contributed by atoms with Crippen LogP contribution in [0.3, 0.4) is 0 Å². The highest BCUT2D eigenvalue weighted by atomic mass is 32.1. The molecule has 0 unspecified atom stereocenters. The van der Waals surface area contributed by atoms with Gasteiger partial charge in [-0.05, 0) is 12.1 Å². The van der Waals surface area contributed by atoms with Crippen molar-refractivity contribution in [3.8, 4) is 10.6 Å². The van der Waals surface area contributed by atoms with Crippen molar-refractivity contribution in [3.05, 3.63) is 48.3 Å². The Kier molecular flexibility index (Phi) is 5.49. The first kappa shape index (κ1) is 17.1. The Labute approximate surface area is 135 Å². The highest BCUT2D eigenvalue weighted by Gasteiger charge is 2.32. The predicted molar refractivity (Wildman–Crippen MR) is 81.9 cm³/mol. The Balaban J connectivity index is 2.07. The number of rotatable bonds is 6. The molecule has 0 atom stereocenters. The van der Waals surface area contributed by atoms with Gasteiger partial charge in [0, 0.05) is 29.9 Å². The number of hydrogen-bond acceptors (Lipinski definition) is 4. The van der Waals surface area contributed by atoms with Crippen LogP contribution in [0.25, 0.3) is 10.6 Å². The lowest BCUT2D eigenvalue weighted by Crippen LogP contribution is -2.39. The van der Waals surface area contributed by atoms with Crippen LogP contribution in [0.4, 0.5) is 13.2 Å². The molecule has 0 radical (unpaired) electrons. The van der Waals surface area contributed by atoms with Gasteiger partial charge in [0.25, 0.3) is 0 Å². The van der Waals surface area contributed by atoms with Crippen LogP contribution in [0.1, 0.15) is 5.69 Å². The molecule has 0 fully saturated rings. The molecule has 0 saturated carbocycles. The molecule has 0 spiro atoms. The fourth-order valence-electron chi connectivity index (χ4n) is 1.90. The largest absolute Gasteiger partial charge is 0.406 e. The molecule has 122 valence electrons. The number of hydrogen-bond donors (Lipinski definition) is 0. The number of pyridine rings is 1. The minimum Gasteiger partial charge on any atom is -0.330 e. The van der Waals surface area contributed by atoms with Crippen LogP contribution in [0.5, 0.6) is 0 Å². The normalized spacial score (nSPS) is 11.3. The molecule has 2 rings (SSSR count). The number of aromatic nitrogens is 2. The Hall–Kier alpha value is -2.22. The van der Waals surface area contributed by atoms with Crippen LogP contribution < -0.4 is 0 Å². The second-order valence-electron chi connectivity index (χ2n) is 4.74. The molecule has 0 bridgehead atoms. The van der Waals surface area contributed by atoms with Crippen LogP contribution in [-0.2, 0) is 11.2 Å². The first-order valence-electron chi connectivity index (χ1n) is 6.69. The first-order chi connectivity index (χ1) is 10.9. The van der Waals surface area contributed by atoms with Crippen molar-refractivity contribution in [2.45, 2.75) is 12.6 Å². The van der Waals surface area contributed by atoms with Gasteiger partial charge in [-0.25, -0.2) is 4.98 Å². The van der Waals surface area contributed by atoms with E-state index in [-0.39, 0.29) is 13.0 Å². The lowest BCUT2D eigenvalue weighted by molar-refractivity contribution is -0.159. The Morgan fingerprint density at radius 3 is 2.83 bits per heavy atom. The molecular formula is C15H14F3N3OS. The third-order valence-electron chi connectivity index (χ3n) is 2.86. The van der Waals surface area contributed by atoms with E-state index in [2.05, 4.69) is 16.5 Å². The molecule has 0 aromatic carbocycles. The quantitative estimate of drug-likeness (QED) is 0.757. The highest BCUT2D eigenvalue weighted by Crippen LogP contribution is 2.23. The Bertz CT molecular complexity index is 670. The lowest BCUT2D eigenvalue weighted by atomic mass is 10.2.